The molecule has 138 valence electrons. The molecule has 0 saturated carbocycles. The minimum absolute atomic E-state index is 0.0478. The fourth-order valence-corrected chi connectivity index (χ4v) is 4.47. The fourth-order valence-electron chi connectivity index (χ4n) is 2.99. The van der Waals surface area contributed by atoms with E-state index in [1.165, 1.54) is 31.2 Å². The molecule has 1 aliphatic heterocycles. The standard InChI is InChI=1S/C18H18ClFN2O3S/c1-12-10-14(20)5-7-17(12)26(24,25)21-16-6-4-13(19)11-15(16)18(23)22-8-2-3-9-22/h4-7,10-11,21H,2-3,8-9H2,1H3. The van der Waals surface area contributed by atoms with Crippen molar-refractivity contribution in [2.24, 2.45) is 0 Å². The molecule has 0 spiro atoms. The monoisotopic (exact) mass is 396 g/mol. The smallest absolute Gasteiger partial charge is 0.262 e. The van der Waals surface area contributed by atoms with Crippen molar-refractivity contribution in [2.45, 2.75) is 24.7 Å². The number of aryl methyl sites for hydroxylation is 1. The van der Waals surface area contributed by atoms with Crippen molar-refractivity contribution >= 4 is 33.2 Å². The lowest BCUT2D eigenvalue weighted by Gasteiger charge is -2.19. The highest BCUT2D eigenvalue weighted by Gasteiger charge is 2.25. The molecule has 0 atom stereocenters. The van der Waals surface area contributed by atoms with Crippen molar-refractivity contribution < 1.29 is 17.6 Å². The van der Waals surface area contributed by atoms with Crippen LogP contribution in [-0.4, -0.2) is 32.3 Å². The van der Waals surface area contributed by atoms with Gasteiger partial charge in [0.25, 0.3) is 15.9 Å². The van der Waals surface area contributed by atoms with Gasteiger partial charge in [-0.25, -0.2) is 12.8 Å². The fraction of sp³-hybridized carbons (Fsp3) is 0.278. The minimum atomic E-state index is -3.98. The molecule has 5 nitrogen and oxygen atoms in total. The van der Waals surface area contributed by atoms with Gasteiger partial charge < -0.3 is 4.90 Å². The number of likely N-dealkylation sites (tertiary alicyclic amines) is 1. The van der Waals surface area contributed by atoms with Crippen molar-refractivity contribution in [3.63, 3.8) is 0 Å². The molecule has 0 aliphatic carbocycles. The first-order chi connectivity index (χ1) is 12.3. The second-order valence-corrected chi connectivity index (χ2v) is 8.29. The average Bonchev–Trinajstić information content (AvgIpc) is 3.09. The van der Waals surface area contributed by atoms with E-state index in [2.05, 4.69) is 4.72 Å². The summed E-state index contributed by atoms with van der Waals surface area (Å²) in [7, 11) is -3.98. The van der Waals surface area contributed by atoms with Gasteiger partial charge in [0.15, 0.2) is 0 Å². The summed E-state index contributed by atoms with van der Waals surface area (Å²) in [4.78, 5) is 14.4. The number of sulfonamides is 1. The molecule has 1 amide bonds. The topological polar surface area (TPSA) is 66.5 Å². The van der Waals surface area contributed by atoms with Gasteiger partial charge in [-0.05, 0) is 61.7 Å². The van der Waals surface area contributed by atoms with Crippen LogP contribution in [0, 0.1) is 12.7 Å². The van der Waals surface area contributed by atoms with Gasteiger partial charge in [-0.15, -0.1) is 0 Å². The zero-order chi connectivity index (χ0) is 18.9. The number of carbonyl (C=O) groups excluding carboxylic acids is 1. The van der Waals surface area contributed by atoms with Crippen LogP contribution in [0.1, 0.15) is 28.8 Å². The van der Waals surface area contributed by atoms with Crippen LogP contribution in [0.4, 0.5) is 10.1 Å². The second-order valence-electron chi connectivity index (χ2n) is 6.20. The molecule has 0 bridgehead atoms. The summed E-state index contributed by atoms with van der Waals surface area (Å²) in [6.07, 6.45) is 1.84. The predicted molar refractivity (Wildman–Crippen MR) is 98.5 cm³/mol. The number of hydrogen-bond donors (Lipinski definition) is 1. The van der Waals surface area contributed by atoms with Gasteiger partial charge in [0.1, 0.15) is 5.82 Å². The van der Waals surface area contributed by atoms with E-state index in [9.17, 15) is 17.6 Å². The van der Waals surface area contributed by atoms with Crippen molar-refractivity contribution in [3.05, 3.63) is 58.4 Å². The van der Waals surface area contributed by atoms with E-state index in [-0.39, 0.29) is 27.6 Å². The first-order valence-corrected chi connectivity index (χ1v) is 10.0. The van der Waals surface area contributed by atoms with Crippen molar-refractivity contribution in [3.8, 4) is 0 Å². The molecular weight excluding hydrogens is 379 g/mol. The van der Waals surface area contributed by atoms with Gasteiger partial charge in [0.05, 0.1) is 16.1 Å². The largest absolute Gasteiger partial charge is 0.339 e. The van der Waals surface area contributed by atoms with Crippen molar-refractivity contribution in [1.82, 2.24) is 4.90 Å². The Morgan fingerprint density at radius 2 is 1.85 bits per heavy atom. The molecule has 0 aromatic heterocycles. The van der Waals surface area contributed by atoms with E-state index >= 15 is 0 Å². The first-order valence-electron chi connectivity index (χ1n) is 8.16. The van der Waals surface area contributed by atoms with Crippen LogP contribution in [-0.2, 0) is 10.0 Å². The summed E-state index contributed by atoms with van der Waals surface area (Å²) in [5, 5.41) is 0.341. The molecule has 1 fully saturated rings. The maximum absolute atomic E-state index is 13.3. The third-order valence-electron chi connectivity index (χ3n) is 4.28. The summed E-state index contributed by atoms with van der Waals surface area (Å²) in [6, 6.07) is 7.86. The highest BCUT2D eigenvalue weighted by molar-refractivity contribution is 7.92. The highest BCUT2D eigenvalue weighted by atomic mass is 35.5. The molecule has 1 heterocycles. The third kappa shape index (κ3) is 3.83. The number of rotatable bonds is 4. The Morgan fingerprint density at radius 3 is 2.50 bits per heavy atom. The quantitative estimate of drug-likeness (QED) is 0.854. The van der Waals surface area contributed by atoms with Crippen molar-refractivity contribution in [2.75, 3.05) is 17.8 Å². The summed E-state index contributed by atoms with van der Waals surface area (Å²) >= 11 is 6.01. The summed E-state index contributed by atoms with van der Waals surface area (Å²) in [5.41, 5.74) is 0.622. The third-order valence-corrected chi connectivity index (χ3v) is 6.04. The van der Waals surface area contributed by atoms with E-state index in [0.29, 0.717) is 18.1 Å². The molecule has 2 aromatic carbocycles. The number of anilines is 1. The van der Waals surface area contributed by atoms with E-state index in [4.69, 9.17) is 11.6 Å². The molecule has 1 saturated heterocycles. The van der Waals surface area contributed by atoms with Gasteiger partial charge in [0, 0.05) is 18.1 Å². The molecule has 1 aliphatic rings. The Hall–Kier alpha value is -2.12. The highest BCUT2D eigenvalue weighted by Crippen LogP contribution is 2.27. The van der Waals surface area contributed by atoms with E-state index in [1.807, 2.05) is 0 Å². The molecule has 1 N–H and O–H groups in total. The molecule has 26 heavy (non-hydrogen) atoms. The van der Waals surface area contributed by atoms with Crippen LogP contribution in [0.15, 0.2) is 41.3 Å². The molecular formula is C18H18ClFN2O3S. The lowest BCUT2D eigenvalue weighted by molar-refractivity contribution is 0.0794. The number of nitrogens with zero attached hydrogens (tertiary/aromatic N) is 1. The van der Waals surface area contributed by atoms with Crippen molar-refractivity contribution in [1.29, 1.82) is 0 Å². The van der Waals surface area contributed by atoms with Crippen LogP contribution >= 0.6 is 11.6 Å². The van der Waals surface area contributed by atoms with Crippen LogP contribution in [0.2, 0.25) is 5.02 Å². The number of nitrogens with one attached hydrogen (secondary N) is 1. The van der Waals surface area contributed by atoms with Crippen LogP contribution in [0.3, 0.4) is 0 Å². The molecule has 8 heteroatoms. The summed E-state index contributed by atoms with van der Waals surface area (Å²) in [5.74, 6) is -0.781. The lowest BCUT2D eigenvalue weighted by Crippen LogP contribution is -2.29. The van der Waals surface area contributed by atoms with Gasteiger partial charge >= 0.3 is 0 Å². The zero-order valence-electron chi connectivity index (χ0n) is 14.1. The summed E-state index contributed by atoms with van der Waals surface area (Å²) in [6.45, 7) is 2.78. The van der Waals surface area contributed by atoms with Gasteiger partial charge in [-0.2, -0.15) is 0 Å². The molecule has 0 unspecified atom stereocenters. The van der Waals surface area contributed by atoms with Gasteiger partial charge in [0.2, 0.25) is 0 Å². The first kappa shape index (κ1) is 18.7. The molecule has 0 radical (unpaired) electrons. The average molecular weight is 397 g/mol. The Balaban J connectivity index is 1.97. The van der Waals surface area contributed by atoms with Crippen LogP contribution < -0.4 is 4.72 Å². The molecule has 2 aromatic rings. The zero-order valence-corrected chi connectivity index (χ0v) is 15.7. The van der Waals surface area contributed by atoms with E-state index in [1.54, 1.807) is 4.90 Å². The SMILES string of the molecule is Cc1cc(F)ccc1S(=O)(=O)Nc1ccc(Cl)cc1C(=O)N1CCCC1. The van der Waals surface area contributed by atoms with Crippen LogP contribution in [0.5, 0.6) is 0 Å². The van der Waals surface area contributed by atoms with E-state index < -0.39 is 15.8 Å². The number of amides is 1. The predicted octanol–water partition coefficient (Wildman–Crippen LogP) is 3.82. The Kier molecular flexibility index (Phi) is 5.20. The second kappa shape index (κ2) is 7.25. The normalized spacial score (nSPS) is 14.5. The number of benzene rings is 2. The number of hydrogen-bond acceptors (Lipinski definition) is 3. The lowest BCUT2D eigenvalue weighted by atomic mass is 10.1. The summed E-state index contributed by atoms with van der Waals surface area (Å²) < 4.78 is 41.2. The maximum Gasteiger partial charge on any atom is 0.262 e. The van der Waals surface area contributed by atoms with Gasteiger partial charge in [-0.1, -0.05) is 11.6 Å². The van der Waals surface area contributed by atoms with Crippen LogP contribution in [0.25, 0.3) is 0 Å². The Morgan fingerprint density at radius 1 is 1.15 bits per heavy atom. The Labute approximate surface area is 156 Å². The number of carbonyl (C=O) groups is 1. The molecule has 3 rings (SSSR count). The van der Waals surface area contributed by atoms with Gasteiger partial charge in [-0.3, -0.25) is 9.52 Å². The number of halogens is 2. The maximum atomic E-state index is 13.3. The van der Waals surface area contributed by atoms with E-state index in [0.717, 1.165) is 25.0 Å². The Bertz CT molecular complexity index is 957. The minimum Gasteiger partial charge on any atom is -0.339 e.